The first kappa shape index (κ1) is 14.4. The van der Waals surface area contributed by atoms with E-state index in [-0.39, 0.29) is 4.90 Å². The van der Waals surface area contributed by atoms with Crippen LogP contribution in [0.5, 0.6) is 0 Å². The Morgan fingerprint density at radius 3 is 2.26 bits per heavy atom. The zero-order valence-electron chi connectivity index (χ0n) is 10.1. The summed E-state index contributed by atoms with van der Waals surface area (Å²) in [6.07, 6.45) is 1.17. The van der Waals surface area contributed by atoms with Crippen LogP contribution in [0.1, 0.15) is 0 Å². The van der Waals surface area contributed by atoms with Gasteiger partial charge in [-0.15, -0.1) is 0 Å². The number of rotatable bonds is 3. The van der Waals surface area contributed by atoms with Gasteiger partial charge >= 0.3 is 0 Å². The summed E-state index contributed by atoms with van der Waals surface area (Å²) in [5.41, 5.74) is 6.37. The lowest BCUT2D eigenvalue weighted by atomic mass is 10.3. The summed E-state index contributed by atoms with van der Waals surface area (Å²) in [6.45, 7) is 0. The first-order chi connectivity index (χ1) is 8.86. The molecule has 0 aliphatic heterocycles. The number of hydrogen-bond acceptors (Lipinski definition) is 4. The molecular formula is C13H12BrNO2S2. The SMILES string of the molecule is CS(=O)(=O)c1ccc(Sc2ccc(Br)cc2)c(N)c1. The second kappa shape index (κ2) is 5.56. The first-order valence-electron chi connectivity index (χ1n) is 5.39. The van der Waals surface area contributed by atoms with Crippen LogP contribution in [0.15, 0.2) is 61.6 Å². The van der Waals surface area contributed by atoms with Gasteiger partial charge < -0.3 is 5.73 Å². The Labute approximate surface area is 125 Å². The van der Waals surface area contributed by atoms with Gasteiger partial charge in [-0.05, 0) is 42.5 Å². The molecular weight excluding hydrogens is 346 g/mol. The lowest BCUT2D eigenvalue weighted by Crippen LogP contribution is -1.99. The van der Waals surface area contributed by atoms with Crippen molar-refractivity contribution in [2.24, 2.45) is 0 Å². The fraction of sp³-hybridized carbons (Fsp3) is 0.0769. The Kier molecular flexibility index (Phi) is 4.23. The number of nitrogens with two attached hydrogens (primary N) is 1. The van der Waals surface area contributed by atoms with Crippen molar-refractivity contribution in [2.75, 3.05) is 12.0 Å². The van der Waals surface area contributed by atoms with E-state index >= 15 is 0 Å². The van der Waals surface area contributed by atoms with Gasteiger partial charge in [-0.25, -0.2) is 8.42 Å². The topological polar surface area (TPSA) is 60.2 Å². The summed E-state index contributed by atoms with van der Waals surface area (Å²) >= 11 is 4.88. The van der Waals surface area contributed by atoms with Crippen molar-refractivity contribution < 1.29 is 8.42 Å². The van der Waals surface area contributed by atoms with E-state index in [2.05, 4.69) is 15.9 Å². The summed E-state index contributed by atoms with van der Waals surface area (Å²) in [7, 11) is -3.22. The molecule has 2 aromatic carbocycles. The number of anilines is 1. The smallest absolute Gasteiger partial charge is 0.175 e. The normalized spacial score (nSPS) is 11.5. The molecule has 2 N–H and O–H groups in total. The lowest BCUT2D eigenvalue weighted by molar-refractivity contribution is 0.602. The predicted molar refractivity (Wildman–Crippen MR) is 82.2 cm³/mol. The van der Waals surface area contributed by atoms with Crippen LogP contribution >= 0.6 is 27.7 Å². The molecule has 0 fully saturated rings. The highest BCUT2D eigenvalue weighted by atomic mass is 79.9. The van der Waals surface area contributed by atoms with Gasteiger partial charge in [-0.1, -0.05) is 27.7 Å². The average molecular weight is 358 g/mol. The number of halogens is 1. The first-order valence-corrected chi connectivity index (χ1v) is 8.89. The second-order valence-electron chi connectivity index (χ2n) is 4.03. The predicted octanol–water partition coefficient (Wildman–Crippen LogP) is 3.59. The molecule has 2 aromatic rings. The van der Waals surface area contributed by atoms with Crippen LogP contribution in [0.25, 0.3) is 0 Å². The van der Waals surface area contributed by atoms with Gasteiger partial charge in [0.2, 0.25) is 0 Å². The number of sulfone groups is 1. The van der Waals surface area contributed by atoms with Gasteiger partial charge in [0.05, 0.1) is 4.90 Å². The van der Waals surface area contributed by atoms with Crippen LogP contribution in [0.3, 0.4) is 0 Å². The Hall–Kier alpha value is -0.980. The summed E-state index contributed by atoms with van der Waals surface area (Å²) in [6, 6.07) is 12.6. The maximum atomic E-state index is 11.4. The second-order valence-corrected chi connectivity index (χ2v) is 8.07. The maximum Gasteiger partial charge on any atom is 0.175 e. The summed E-state index contributed by atoms with van der Waals surface area (Å²) in [5, 5.41) is 0. The highest BCUT2D eigenvalue weighted by Gasteiger charge is 2.10. The van der Waals surface area contributed by atoms with Crippen LogP contribution in [0.2, 0.25) is 0 Å². The van der Waals surface area contributed by atoms with E-state index in [4.69, 9.17) is 5.73 Å². The van der Waals surface area contributed by atoms with E-state index in [0.717, 1.165) is 14.3 Å². The Balaban J connectivity index is 2.29. The molecule has 0 radical (unpaired) electrons. The summed E-state index contributed by atoms with van der Waals surface area (Å²) in [4.78, 5) is 2.13. The van der Waals surface area contributed by atoms with Gasteiger partial charge in [0.1, 0.15) is 0 Å². The monoisotopic (exact) mass is 357 g/mol. The summed E-state index contributed by atoms with van der Waals surface area (Å²) < 4.78 is 23.9. The average Bonchev–Trinajstić information content (AvgIpc) is 2.33. The van der Waals surface area contributed by atoms with Crippen LogP contribution in [0, 0.1) is 0 Å². The van der Waals surface area contributed by atoms with Gasteiger partial charge in [0.15, 0.2) is 9.84 Å². The quantitative estimate of drug-likeness (QED) is 0.852. The lowest BCUT2D eigenvalue weighted by Gasteiger charge is -2.07. The number of hydrogen-bond donors (Lipinski definition) is 1. The van der Waals surface area contributed by atoms with Gasteiger partial charge in [-0.2, -0.15) is 0 Å². The zero-order chi connectivity index (χ0) is 14.0. The number of nitrogen functional groups attached to an aromatic ring is 1. The van der Waals surface area contributed by atoms with E-state index in [9.17, 15) is 8.42 Å². The molecule has 0 saturated heterocycles. The van der Waals surface area contributed by atoms with Gasteiger partial charge in [0, 0.05) is 26.2 Å². The molecule has 0 saturated carbocycles. The molecule has 0 unspecified atom stereocenters. The van der Waals surface area contributed by atoms with Gasteiger partial charge in [0.25, 0.3) is 0 Å². The minimum absolute atomic E-state index is 0.241. The van der Waals surface area contributed by atoms with Crippen LogP contribution in [0.4, 0.5) is 5.69 Å². The number of benzene rings is 2. The molecule has 2 rings (SSSR count). The maximum absolute atomic E-state index is 11.4. The molecule has 0 bridgehead atoms. The highest BCUT2D eigenvalue weighted by Crippen LogP contribution is 2.33. The third-order valence-electron chi connectivity index (χ3n) is 2.45. The fourth-order valence-electron chi connectivity index (χ4n) is 1.48. The van der Waals surface area contributed by atoms with E-state index in [0.29, 0.717) is 5.69 Å². The zero-order valence-corrected chi connectivity index (χ0v) is 13.3. The third kappa shape index (κ3) is 3.75. The molecule has 0 atom stereocenters. The van der Waals surface area contributed by atoms with Crippen molar-refractivity contribution in [3.8, 4) is 0 Å². The van der Waals surface area contributed by atoms with Crippen molar-refractivity contribution in [1.82, 2.24) is 0 Å². The van der Waals surface area contributed by atoms with E-state index in [1.807, 2.05) is 24.3 Å². The van der Waals surface area contributed by atoms with Crippen molar-refractivity contribution >= 4 is 43.2 Å². The molecule has 19 heavy (non-hydrogen) atoms. The van der Waals surface area contributed by atoms with E-state index in [1.54, 1.807) is 12.1 Å². The van der Waals surface area contributed by atoms with Gasteiger partial charge in [-0.3, -0.25) is 0 Å². The van der Waals surface area contributed by atoms with Crippen molar-refractivity contribution in [2.45, 2.75) is 14.7 Å². The minimum atomic E-state index is -3.22. The van der Waals surface area contributed by atoms with E-state index < -0.39 is 9.84 Å². The molecule has 0 aliphatic rings. The molecule has 0 aliphatic carbocycles. The highest BCUT2D eigenvalue weighted by molar-refractivity contribution is 9.10. The molecule has 0 aromatic heterocycles. The van der Waals surface area contributed by atoms with Crippen molar-refractivity contribution in [3.05, 3.63) is 46.9 Å². The van der Waals surface area contributed by atoms with Crippen molar-refractivity contribution in [1.29, 1.82) is 0 Å². The minimum Gasteiger partial charge on any atom is -0.398 e. The molecule has 0 heterocycles. The third-order valence-corrected chi connectivity index (χ3v) is 5.19. The fourth-order valence-corrected chi connectivity index (χ4v) is 3.24. The standard InChI is InChI=1S/C13H12BrNO2S2/c1-19(16,17)11-6-7-13(12(15)8-11)18-10-4-2-9(14)3-5-10/h2-8H,15H2,1H3. The Morgan fingerprint density at radius 1 is 1.11 bits per heavy atom. The Bertz CT molecular complexity index is 697. The molecule has 0 spiro atoms. The molecule has 6 heteroatoms. The molecule has 3 nitrogen and oxygen atoms in total. The molecule has 0 amide bonds. The van der Waals surface area contributed by atoms with Crippen LogP contribution in [-0.2, 0) is 9.84 Å². The molecule has 100 valence electrons. The van der Waals surface area contributed by atoms with Crippen molar-refractivity contribution in [3.63, 3.8) is 0 Å². The van der Waals surface area contributed by atoms with E-state index in [1.165, 1.54) is 24.1 Å². The Morgan fingerprint density at radius 2 is 1.74 bits per heavy atom. The van der Waals surface area contributed by atoms with Crippen LogP contribution < -0.4 is 5.73 Å². The largest absolute Gasteiger partial charge is 0.398 e. The summed E-state index contributed by atoms with van der Waals surface area (Å²) in [5.74, 6) is 0. The van der Waals surface area contributed by atoms with Crippen LogP contribution in [-0.4, -0.2) is 14.7 Å².